The highest BCUT2D eigenvalue weighted by Gasteiger charge is 2.29. The smallest absolute Gasteiger partial charge is 0.284 e. The van der Waals surface area contributed by atoms with Crippen LogP contribution in [0.15, 0.2) is 53.6 Å². The van der Waals surface area contributed by atoms with E-state index in [4.69, 9.17) is 16.3 Å². The highest BCUT2D eigenvalue weighted by atomic mass is 35.5. The quantitative estimate of drug-likeness (QED) is 0.651. The van der Waals surface area contributed by atoms with Gasteiger partial charge in [-0.3, -0.25) is 14.6 Å². The van der Waals surface area contributed by atoms with Crippen LogP contribution in [0.2, 0.25) is 5.02 Å². The van der Waals surface area contributed by atoms with Crippen LogP contribution >= 0.6 is 11.6 Å². The van der Waals surface area contributed by atoms with Gasteiger partial charge >= 0.3 is 0 Å². The van der Waals surface area contributed by atoms with Crippen LogP contribution in [0.5, 0.6) is 0 Å². The second-order valence-electron chi connectivity index (χ2n) is 6.71. The van der Waals surface area contributed by atoms with E-state index >= 15 is 0 Å². The molecule has 2 aromatic heterocycles. The van der Waals surface area contributed by atoms with E-state index in [1.807, 2.05) is 0 Å². The number of amides is 1. The SMILES string of the molecule is O=C(N[C@H]1COC[C@@H]1O)c1cc(-c2ccc(Cl)cc2)nn(-c2cncc(F)c2)c1=O. The maximum atomic E-state index is 13.7. The van der Waals surface area contributed by atoms with E-state index in [0.717, 1.165) is 16.9 Å². The number of rotatable bonds is 4. The average molecular weight is 431 g/mol. The van der Waals surface area contributed by atoms with Crippen LogP contribution in [-0.4, -0.2) is 51.1 Å². The molecule has 4 rings (SSSR count). The number of carbonyl (C=O) groups is 1. The van der Waals surface area contributed by atoms with Gasteiger partial charge in [0.25, 0.3) is 11.5 Å². The van der Waals surface area contributed by atoms with Crippen molar-refractivity contribution in [1.82, 2.24) is 20.1 Å². The summed E-state index contributed by atoms with van der Waals surface area (Å²) in [6, 6.07) is 8.43. The van der Waals surface area contributed by atoms with Gasteiger partial charge in [0.05, 0.1) is 49.1 Å². The molecule has 3 aromatic rings. The number of nitrogens with zero attached hydrogens (tertiary/aromatic N) is 3. The molecule has 154 valence electrons. The molecule has 0 aliphatic carbocycles. The summed E-state index contributed by atoms with van der Waals surface area (Å²) in [6.45, 7) is 0.223. The first-order chi connectivity index (χ1) is 14.4. The minimum Gasteiger partial charge on any atom is -0.388 e. The molecule has 1 aliphatic rings. The van der Waals surface area contributed by atoms with Crippen molar-refractivity contribution in [3.8, 4) is 16.9 Å². The van der Waals surface area contributed by atoms with Gasteiger partial charge in [0.1, 0.15) is 11.4 Å². The summed E-state index contributed by atoms with van der Waals surface area (Å²) in [4.78, 5) is 29.6. The van der Waals surface area contributed by atoms with Crippen LogP contribution < -0.4 is 10.9 Å². The van der Waals surface area contributed by atoms with Crippen molar-refractivity contribution in [2.24, 2.45) is 0 Å². The Labute approximate surface area is 174 Å². The first-order valence-electron chi connectivity index (χ1n) is 9.00. The van der Waals surface area contributed by atoms with Gasteiger partial charge in [-0.05, 0) is 18.2 Å². The van der Waals surface area contributed by atoms with Gasteiger partial charge in [0, 0.05) is 16.7 Å². The number of aliphatic hydroxyl groups is 1. The second-order valence-corrected chi connectivity index (χ2v) is 7.15. The Morgan fingerprint density at radius 3 is 2.67 bits per heavy atom. The second kappa shape index (κ2) is 8.31. The van der Waals surface area contributed by atoms with Crippen LogP contribution in [0.1, 0.15) is 10.4 Å². The van der Waals surface area contributed by atoms with E-state index in [1.165, 1.54) is 12.3 Å². The molecule has 3 heterocycles. The Kier molecular flexibility index (Phi) is 5.58. The number of ether oxygens (including phenoxy) is 1. The fourth-order valence-corrected chi connectivity index (χ4v) is 3.16. The summed E-state index contributed by atoms with van der Waals surface area (Å²) < 4.78 is 19.7. The standard InChI is InChI=1S/C20H16ClFN4O4/c21-12-3-1-11(2-4-12)16-6-15(19(28)24-17-9-30-10-18(17)27)20(29)26(25-16)14-5-13(22)7-23-8-14/h1-8,17-18,27H,9-10H2,(H,24,28)/t17-,18-/m0/s1. The lowest BCUT2D eigenvalue weighted by atomic mass is 10.1. The molecule has 10 heteroatoms. The molecule has 1 amide bonds. The number of pyridine rings is 1. The topological polar surface area (TPSA) is 106 Å². The van der Waals surface area contributed by atoms with Gasteiger partial charge in [0.2, 0.25) is 0 Å². The minimum absolute atomic E-state index is 0.0640. The van der Waals surface area contributed by atoms with Gasteiger partial charge < -0.3 is 15.2 Å². The lowest BCUT2D eigenvalue weighted by Crippen LogP contribution is -2.44. The number of aromatic nitrogens is 3. The third-order valence-corrected chi connectivity index (χ3v) is 4.85. The van der Waals surface area contributed by atoms with Crippen molar-refractivity contribution in [1.29, 1.82) is 0 Å². The Bertz CT molecular complexity index is 1150. The Balaban J connectivity index is 1.82. The highest BCUT2D eigenvalue weighted by Crippen LogP contribution is 2.20. The lowest BCUT2D eigenvalue weighted by Gasteiger charge is -2.15. The van der Waals surface area contributed by atoms with E-state index in [0.29, 0.717) is 16.3 Å². The van der Waals surface area contributed by atoms with Gasteiger partial charge in [0.15, 0.2) is 0 Å². The number of hydrogen-bond donors (Lipinski definition) is 2. The zero-order chi connectivity index (χ0) is 21.3. The van der Waals surface area contributed by atoms with Crippen LogP contribution in [0.4, 0.5) is 4.39 Å². The first kappa shape index (κ1) is 20.1. The summed E-state index contributed by atoms with van der Waals surface area (Å²) in [7, 11) is 0. The van der Waals surface area contributed by atoms with E-state index < -0.39 is 29.4 Å². The number of hydrogen-bond acceptors (Lipinski definition) is 6. The number of nitrogens with one attached hydrogen (secondary N) is 1. The fraction of sp³-hybridized carbons (Fsp3) is 0.200. The summed E-state index contributed by atoms with van der Waals surface area (Å²) >= 11 is 5.93. The number of halogens is 2. The third kappa shape index (κ3) is 4.09. The fourth-order valence-electron chi connectivity index (χ4n) is 3.04. The van der Waals surface area contributed by atoms with E-state index in [2.05, 4.69) is 15.4 Å². The van der Waals surface area contributed by atoms with Crippen LogP contribution in [0.25, 0.3) is 16.9 Å². The Hall–Kier alpha value is -3.14. The van der Waals surface area contributed by atoms with Crippen molar-refractivity contribution >= 4 is 17.5 Å². The molecule has 2 N–H and O–H groups in total. The largest absolute Gasteiger partial charge is 0.388 e. The molecule has 0 saturated carbocycles. The molecule has 0 unspecified atom stereocenters. The van der Waals surface area contributed by atoms with Gasteiger partial charge in [-0.15, -0.1) is 0 Å². The molecule has 30 heavy (non-hydrogen) atoms. The van der Waals surface area contributed by atoms with Crippen molar-refractivity contribution in [3.05, 3.63) is 75.5 Å². The van der Waals surface area contributed by atoms with E-state index in [1.54, 1.807) is 24.3 Å². The zero-order valence-corrected chi connectivity index (χ0v) is 16.2. The van der Waals surface area contributed by atoms with E-state index in [-0.39, 0.29) is 24.5 Å². The molecular formula is C20H16ClFN4O4. The molecule has 0 bridgehead atoms. The highest BCUT2D eigenvalue weighted by molar-refractivity contribution is 6.30. The average Bonchev–Trinajstić information content (AvgIpc) is 3.13. The van der Waals surface area contributed by atoms with Crippen LogP contribution in [0, 0.1) is 5.82 Å². The molecule has 8 nitrogen and oxygen atoms in total. The molecule has 1 aliphatic heterocycles. The van der Waals surface area contributed by atoms with Gasteiger partial charge in [-0.1, -0.05) is 23.7 Å². The number of benzene rings is 1. The first-order valence-corrected chi connectivity index (χ1v) is 9.38. The van der Waals surface area contributed by atoms with Crippen molar-refractivity contribution in [2.45, 2.75) is 12.1 Å². The van der Waals surface area contributed by atoms with Crippen LogP contribution in [0.3, 0.4) is 0 Å². The normalized spacial score (nSPS) is 18.4. The zero-order valence-electron chi connectivity index (χ0n) is 15.5. The minimum atomic E-state index is -0.874. The predicted octanol–water partition coefficient (Wildman–Crippen LogP) is 1.58. The molecule has 0 radical (unpaired) electrons. The third-order valence-electron chi connectivity index (χ3n) is 4.60. The molecule has 0 spiro atoms. The number of aliphatic hydroxyl groups excluding tert-OH is 1. The Morgan fingerprint density at radius 1 is 1.23 bits per heavy atom. The maximum absolute atomic E-state index is 13.7. The number of carbonyl (C=O) groups excluding carboxylic acids is 1. The summed E-state index contributed by atoms with van der Waals surface area (Å²) in [5, 5.41) is 17.3. The van der Waals surface area contributed by atoms with Crippen molar-refractivity contribution in [2.75, 3.05) is 13.2 Å². The lowest BCUT2D eigenvalue weighted by molar-refractivity contribution is 0.0884. The van der Waals surface area contributed by atoms with E-state index in [9.17, 15) is 19.1 Å². The van der Waals surface area contributed by atoms with Crippen molar-refractivity contribution in [3.63, 3.8) is 0 Å². The monoisotopic (exact) mass is 430 g/mol. The van der Waals surface area contributed by atoms with Gasteiger partial charge in [-0.2, -0.15) is 9.78 Å². The summed E-state index contributed by atoms with van der Waals surface area (Å²) in [5.41, 5.74) is -0.0295. The summed E-state index contributed by atoms with van der Waals surface area (Å²) in [6.07, 6.45) is 1.38. The maximum Gasteiger partial charge on any atom is 0.284 e. The predicted molar refractivity (Wildman–Crippen MR) is 106 cm³/mol. The molecule has 2 atom stereocenters. The van der Waals surface area contributed by atoms with Gasteiger partial charge in [-0.25, -0.2) is 4.39 Å². The molecule has 1 saturated heterocycles. The van der Waals surface area contributed by atoms with Crippen LogP contribution in [-0.2, 0) is 4.74 Å². The summed E-state index contributed by atoms with van der Waals surface area (Å²) in [5.74, 6) is -1.36. The Morgan fingerprint density at radius 2 is 2.00 bits per heavy atom. The van der Waals surface area contributed by atoms with Crippen molar-refractivity contribution < 1.29 is 19.0 Å². The molecular weight excluding hydrogens is 415 g/mol. The molecule has 1 fully saturated rings. The molecule has 1 aromatic carbocycles.